The molecule has 0 bridgehead atoms. The van der Waals surface area contributed by atoms with E-state index in [4.69, 9.17) is 4.74 Å². The Kier molecular flexibility index (Phi) is 6.84. The van der Waals surface area contributed by atoms with E-state index in [1.807, 2.05) is 36.1 Å². The molecule has 0 spiro atoms. The maximum absolute atomic E-state index is 15.7. The molecule has 3 atom stereocenters. The van der Waals surface area contributed by atoms with Gasteiger partial charge in [0.2, 0.25) is 0 Å². The van der Waals surface area contributed by atoms with E-state index in [0.717, 1.165) is 61.1 Å². The van der Waals surface area contributed by atoms with Crippen LogP contribution < -0.4 is 4.74 Å². The maximum Gasteiger partial charge on any atom is 0.135 e. The summed E-state index contributed by atoms with van der Waals surface area (Å²) in [5.41, 5.74) is 2.82. The van der Waals surface area contributed by atoms with Crippen LogP contribution >= 0.6 is 0 Å². The zero-order chi connectivity index (χ0) is 24.7. The third-order valence-corrected chi connectivity index (χ3v) is 7.37. The fourth-order valence-electron chi connectivity index (χ4n) is 5.65. The first-order valence-electron chi connectivity index (χ1n) is 12.8. The number of aliphatic hydroxyl groups excluding tert-OH is 1. The SMILES string of the molecule is CCCCN1CC(Oc2cc(F)c([C@@H]3c4[nH]c5ccccc5c4C[C@@H](C)N3C[C@@H](C)O)c(F)c2)C1. The number of β-amino-alcohol motifs (C(OH)–C–C–N with tert-alkyl or cyclic N) is 1. The summed E-state index contributed by atoms with van der Waals surface area (Å²) < 4.78 is 37.2. The van der Waals surface area contributed by atoms with Crippen LogP contribution in [0, 0.1) is 11.6 Å². The number of nitrogens with zero attached hydrogens (tertiary/aromatic N) is 2. The minimum atomic E-state index is -0.668. The van der Waals surface area contributed by atoms with Crippen molar-refractivity contribution in [2.24, 2.45) is 0 Å². The number of rotatable bonds is 8. The molecule has 188 valence electrons. The number of hydrogen-bond acceptors (Lipinski definition) is 4. The van der Waals surface area contributed by atoms with E-state index < -0.39 is 23.8 Å². The van der Waals surface area contributed by atoms with Gasteiger partial charge in [-0.1, -0.05) is 31.5 Å². The molecule has 0 amide bonds. The number of aromatic amines is 1. The molecular weight excluding hydrogens is 448 g/mol. The number of aliphatic hydroxyl groups is 1. The summed E-state index contributed by atoms with van der Waals surface area (Å²) in [6, 6.07) is 9.93. The molecule has 1 aromatic heterocycles. The quantitative estimate of drug-likeness (QED) is 0.472. The van der Waals surface area contributed by atoms with Crippen LogP contribution in [-0.4, -0.2) is 64.3 Å². The first kappa shape index (κ1) is 24.2. The first-order valence-corrected chi connectivity index (χ1v) is 12.8. The van der Waals surface area contributed by atoms with E-state index in [0.29, 0.717) is 6.54 Å². The average Bonchev–Trinajstić information content (AvgIpc) is 3.14. The topological polar surface area (TPSA) is 51.7 Å². The number of nitrogens with one attached hydrogen (secondary N) is 1. The van der Waals surface area contributed by atoms with Crippen LogP contribution in [0.25, 0.3) is 10.9 Å². The molecule has 3 heterocycles. The maximum atomic E-state index is 15.7. The molecule has 0 saturated carbocycles. The second-order valence-electron chi connectivity index (χ2n) is 10.2. The van der Waals surface area contributed by atoms with Crippen molar-refractivity contribution in [2.75, 3.05) is 26.2 Å². The van der Waals surface area contributed by atoms with Crippen molar-refractivity contribution in [3.05, 3.63) is 64.9 Å². The highest BCUT2D eigenvalue weighted by Crippen LogP contribution is 2.43. The van der Waals surface area contributed by atoms with E-state index in [9.17, 15) is 5.11 Å². The van der Waals surface area contributed by atoms with E-state index >= 15 is 8.78 Å². The molecule has 0 radical (unpaired) electrons. The minimum Gasteiger partial charge on any atom is -0.488 e. The lowest BCUT2D eigenvalue weighted by Crippen LogP contribution is -2.53. The largest absolute Gasteiger partial charge is 0.488 e. The van der Waals surface area contributed by atoms with Gasteiger partial charge < -0.3 is 14.8 Å². The van der Waals surface area contributed by atoms with Gasteiger partial charge in [0.25, 0.3) is 0 Å². The van der Waals surface area contributed by atoms with E-state index in [2.05, 4.69) is 16.8 Å². The normalized spacial score (nSPS) is 22.2. The molecular formula is C28H35F2N3O2. The third-order valence-electron chi connectivity index (χ3n) is 7.37. The predicted molar refractivity (Wildman–Crippen MR) is 134 cm³/mol. The fourth-order valence-corrected chi connectivity index (χ4v) is 5.65. The van der Waals surface area contributed by atoms with E-state index in [1.165, 1.54) is 12.1 Å². The number of ether oxygens (including phenoxy) is 1. The van der Waals surface area contributed by atoms with Gasteiger partial charge in [-0.05, 0) is 44.9 Å². The Labute approximate surface area is 205 Å². The van der Waals surface area contributed by atoms with Crippen molar-refractivity contribution in [3.8, 4) is 5.75 Å². The lowest BCUT2D eigenvalue weighted by atomic mass is 9.88. The van der Waals surface area contributed by atoms with Crippen LogP contribution in [0.15, 0.2) is 36.4 Å². The zero-order valence-electron chi connectivity index (χ0n) is 20.7. The Morgan fingerprint density at radius 2 is 1.89 bits per heavy atom. The second kappa shape index (κ2) is 9.88. The highest BCUT2D eigenvalue weighted by Gasteiger charge is 2.39. The van der Waals surface area contributed by atoms with Gasteiger partial charge >= 0.3 is 0 Å². The van der Waals surface area contributed by atoms with E-state index in [1.54, 1.807) is 6.92 Å². The number of hydrogen-bond donors (Lipinski definition) is 2. The molecule has 2 N–H and O–H groups in total. The number of para-hydroxylation sites is 1. The standard InChI is InChI=1S/C28H35F2N3O2/c1-4-5-10-32-15-20(16-32)35-19-12-23(29)26(24(30)13-19)28-27-22(11-17(2)33(28)14-18(3)34)21-8-6-7-9-25(21)31-27/h6-9,12-13,17-18,20,28,31,34H,4-5,10-11,14-16H2,1-3H3/t17-,18-,28-/m1/s1. The van der Waals surface area contributed by atoms with Crippen LogP contribution in [-0.2, 0) is 6.42 Å². The summed E-state index contributed by atoms with van der Waals surface area (Å²) in [5, 5.41) is 11.3. The Morgan fingerprint density at radius 3 is 2.57 bits per heavy atom. The number of likely N-dealkylation sites (tertiary alicyclic amines) is 1. The summed E-state index contributed by atoms with van der Waals surface area (Å²) in [6.45, 7) is 8.83. The summed E-state index contributed by atoms with van der Waals surface area (Å²) in [7, 11) is 0. The lowest BCUT2D eigenvalue weighted by molar-refractivity contribution is 0.0189. The van der Waals surface area contributed by atoms with Gasteiger partial charge in [0.05, 0.1) is 12.1 Å². The summed E-state index contributed by atoms with van der Waals surface area (Å²) in [4.78, 5) is 7.73. The minimum absolute atomic E-state index is 0.000104. The highest BCUT2D eigenvalue weighted by molar-refractivity contribution is 5.85. The van der Waals surface area contributed by atoms with Gasteiger partial charge in [0.15, 0.2) is 0 Å². The second-order valence-corrected chi connectivity index (χ2v) is 10.2. The smallest absolute Gasteiger partial charge is 0.135 e. The molecule has 35 heavy (non-hydrogen) atoms. The number of aromatic nitrogens is 1. The lowest BCUT2D eigenvalue weighted by Gasteiger charge is -2.42. The number of H-pyrrole nitrogens is 1. The van der Waals surface area contributed by atoms with Crippen molar-refractivity contribution in [1.82, 2.24) is 14.8 Å². The van der Waals surface area contributed by atoms with Crippen LogP contribution in [0.1, 0.15) is 56.5 Å². The number of fused-ring (bicyclic) bond motifs is 3. The molecule has 5 rings (SSSR count). The van der Waals surface area contributed by atoms with Crippen molar-refractivity contribution >= 4 is 10.9 Å². The third kappa shape index (κ3) is 4.69. The molecule has 1 saturated heterocycles. The molecule has 0 unspecified atom stereocenters. The number of benzene rings is 2. The van der Waals surface area contributed by atoms with Gasteiger partial charge in [0.1, 0.15) is 23.5 Å². The number of unbranched alkanes of at least 4 members (excludes halogenated alkanes) is 1. The average molecular weight is 484 g/mol. The van der Waals surface area contributed by atoms with Gasteiger partial charge in [0, 0.05) is 60.0 Å². The Morgan fingerprint density at radius 1 is 1.17 bits per heavy atom. The van der Waals surface area contributed by atoms with Crippen molar-refractivity contribution in [2.45, 2.75) is 64.3 Å². The molecule has 7 heteroatoms. The monoisotopic (exact) mass is 483 g/mol. The molecule has 2 aliphatic rings. The Balaban J connectivity index is 1.48. The predicted octanol–water partition coefficient (Wildman–Crippen LogP) is 5.03. The van der Waals surface area contributed by atoms with Crippen LogP contribution in [0.2, 0.25) is 0 Å². The summed E-state index contributed by atoms with van der Waals surface area (Å²) in [6.07, 6.45) is 2.35. The Hall–Kier alpha value is -2.48. The first-order chi connectivity index (χ1) is 16.9. The van der Waals surface area contributed by atoms with Crippen LogP contribution in [0.3, 0.4) is 0 Å². The van der Waals surface area contributed by atoms with Gasteiger partial charge in [-0.15, -0.1) is 0 Å². The fraction of sp³-hybridized carbons (Fsp3) is 0.500. The summed E-state index contributed by atoms with van der Waals surface area (Å²) in [5.74, 6) is -1.02. The molecule has 3 aromatic rings. The summed E-state index contributed by atoms with van der Waals surface area (Å²) >= 11 is 0. The molecule has 2 aliphatic heterocycles. The van der Waals surface area contributed by atoms with Crippen LogP contribution in [0.5, 0.6) is 5.75 Å². The van der Waals surface area contributed by atoms with Crippen molar-refractivity contribution < 1.29 is 18.6 Å². The van der Waals surface area contributed by atoms with Crippen LogP contribution in [0.4, 0.5) is 8.78 Å². The van der Waals surface area contributed by atoms with Crippen molar-refractivity contribution in [1.29, 1.82) is 0 Å². The van der Waals surface area contributed by atoms with Gasteiger partial charge in [-0.25, -0.2) is 8.78 Å². The molecule has 2 aromatic carbocycles. The number of halogens is 2. The Bertz CT molecular complexity index is 1170. The van der Waals surface area contributed by atoms with Gasteiger partial charge in [-0.3, -0.25) is 9.80 Å². The van der Waals surface area contributed by atoms with Crippen molar-refractivity contribution in [3.63, 3.8) is 0 Å². The zero-order valence-corrected chi connectivity index (χ0v) is 20.7. The highest BCUT2D eigenvalue weighted by atomic mass is 19.1. The van der Waals surface area contributed by atoms with Gasteiger partial charge in [-0.2, -0.15) is 0 Å². The molecule has 1 fully saturated rings. The molecule has 0 aliphatic carbocycles. The molecule has 5 nitrogen and oxygen atoms in total. The van der Waals surface area contributed by atoms with E-state index in [-0.39, 0.29) is 23.5 Å².